The fourth-order valence-corrected chi connectivity index (χ4v) is 1.12. The summed E-state index contributed by atoms with van der Waals surface area (Å²) in [5.74, 6) is 1.07. The molecule has 6 heteroatoms. The number of hydrogen-bond acceptors (Lipinski definition) is 2. The van der Waals surface area contributed by atoms with Crippen LogP contribution in [0.1, 0.15) is 6.42 Å². The smallest absolute Gasteiger partial charge is 0.193 e. The maximum atomic E-state index is 11.8. The highest BCUT2D eigenvalue weighted by Gasteiger charge is 1.95. The third-order valence-corrected chi connectivity index (χ3v) is 1.94. The molecule has 0 saturated heterocycles. The summed E-state index contributed by atoms with van der Waals surface area (Å²) in [6.45, 7) is 0.0187. The van der Waals surface area contributed by atoms with Crippen LogP contribution in [0.3, 0.4) is 0 Å². The quantitative estimate of drug-likeness (QED) is 0.370. The lowest BCUT2D eigenvalue weighted by Crippen LogP contribution is -2.22. The molecule has 4 nitrogen and oxygen atoms in total. The van der Waals surface area contributed by atoms with Crippen LogP contribution in [-0.2, 0) is 0 Å². The van der Waals surface area contributed by atoms with Crippen LogP contribution in [0.4, 0.5) is 10.1 Å². The van der Waals surface area contributed by atoms with Crippen LogP contribution in [0, 0.1) is 0 Å². The highest BCUT2D eigenvalue weighted by atomic mass is 127. The van der Waals surface area contributed by atoms with Crippen molar-refractivity contribution in [2.75, 3.05) is 25.6 Å². The minimum atomic E-state index is -0.376. The maximum absolute atomic E-state index is 11.8. The van der Waals surface area contributed by atoms with Gasteiger partial charge in [-0.1, -0.05) is 0 Å². The Kier molecular flexibility index (Phi) is 8.47. The van der Waals surface area contributed by atoms with E-state index < -0.39 is 0 Å². The molecule has 1 aromatic rings. The predicted octanol–water partition coefficient (Wildman–Crippen LogP) is 2.40. The normalized spacial score (nSPS) is 10.6. The molecule has 0 atom stereocenters. The zero-order valence-corrected chi connectivity index (χ0v) is 12.0. The average Bonchev–Trinajstić information content (AvgIpc) is 2.30. The van der Waals surface area contributed by atoms with Crippen LogP contribution in [-0.4, -0.2) is 26.3 Å². The zero-order chi connectivity index (χ0) is 11.8. The molecule has 0 radical (unpaired) electrons. The summed E-state index contributed by atoms with van der Waals surface area (Å²) in [7, 11) is 1.61. The molecule has 0 aliphatic rings. The first kappa shape index (κ1) is 16.0. The molecule has 96 valence electrons. The number of ether oxygens (including phenoxy) is 1. The molecule has 0 amide bonds. The van der Waals surface area contributed by atoms with Gasteiger partial charge in [-0.05, 0) is 30.7 Å². The SMILES string of the molecule is COc1ccc(NC(N)=NCCCF)cc1.I. The summed E-state index contributed by atoms with van der Waals surface area (Å²) in [6, 6.07) is 7.29. The second-order valence-electron chi connectivity index (χ2n) is 3.16. The minimum absolute atomic E-state index is 0. The van der Waals surface area contributed by atoms with E-state index in [4.69, 9.17) is 10.5 Å². The van der Waals surface area contributed by atoms with Crippen LogP contribution in [0.5, 0.6) is 5.75 Å². The first-order valence-corrected chi connectivity index (χ1v) is 5.03. The molecule has 0 bridgehead atoms. The van der Waals surface area contributed by atoms with Gasteiger partial charge in [-0.3, -0.25) is 9.38 Å². The van der Waals surface area contributed by atoms with Crippen LogP contribution in [0.2, 0.25) is 0 Å². The van der Waals surface area contributed by atoms with Crippen molar-refractivity contribution in [2.45, 2.75) is 6.42 Å². The van der Waals surface area contributed by atoms with Crippen molar-refractivity contribution in [2.24, 2.45) is 10.7 Å². The van der Waals surface area contributed by atoms with Crippen molar-refractivity contribution in [1.82, 2.24) is 0 Å². The van der Waals surface area contributed by atoms with Gasteiger partial charge in [0.1, 0.15) is 5.75 Å². The number of nitrogens with zero attached hydrogens (tertiary/aromatic N) is 1. The van der Waals surface area contributed by atoms with E-state index in [1.54, 1.807) is 7.11 Å². The minimum Gasteiger partial charge on any atom is -0.497 e. The summed E-state index contributed by atoms with van der Waals surface area (Å²) in [5.41, 5.74) is 6.42. The van der Waals surface area contributed by atoms with Crippen molar-refractivity contribution in [3.63, 3.8) is 0 Å². The zero-order valence-electron chi connectivity index (χ0n) is 9.65. The summed E-state index contributed by atoms with van der Waals surface area (Å²) in [6.07, 6.45) is 0.394. The maximum Gasteiger partial charge on any atom is 0.193 e. The van der Waals surface area contributed by atoms with Crippen LogP contribution in [0.25, 0.3) is 0 Å². The molecule has 0 heterocycles. The fourth-order valence-electron chi connectivity index (χ4n) is 1.12. The van der Waals surface area contributed by atoms with E-state index >= 15 is 0 Å². The Morgan fingerprint density at radius 2 is 2.06 bits per heavy atom. The lowest BCUT2D eigenvalue weighted by atomic mass is 10.3. The third-order valence-electron chi connectivity index (χ3n) is 1.94. The fraction of sp³-hybridized carbons (Fsp3) is 0.364. The highest BCUT2D eigenvalue weighted by molar-refractivity contribution is 14.0. The number of methoxy groups -OCH3 is 1. The van der Waals surface area contributed by atoms with Gasteiger partial charge in [0.15, 0.2) is 5.96 Å². The molecule has 0 saturated carbocycles. The van der Waals surface area contributed by atoms with Crippen LogP contribution in [0.15, 0.2) is 29.3 Å². The molecule has 0 aromatic heterocycles. The molecule has 3 N–H and O–H groups in total. The van der Waals surface area contributed by atoms with E-state index in [0.29, 0.717) is 18.9 Å². The number of hydrogen-bond donors (Lipinski definition) is 2. The Morgan fingerprint density at radius 1 is 1.41 bits per heavy atom. The Labute approximate surface area is 117 Å². The van der Waals surface area contributed by atoms with Gasteiger partial charge in [-0.25, -0.2) is 0 Å². The van der Waals surface area contributed by atoms with Gasteiger partial charge in [-0.2, -0.15) is 0 Å². The number of halogens is 2. The van der Waals surface area contributed by atoms with Crippen LogP contribution < -0.4 is 15.8 Å². The second-order valence-corrected chi connectivity index (χ2v) is 3.16. The van der Waals surface area contributed by atoms with E-state index in [0.717, 1.165) is 11.4 Å². The molecule has 1 aromatic carbocycles. The van der Waals surface area contributed by atoms with Gasteiger partial charge < -0.3 is 15.8 Å². The van der Waals surface area contributed by atoms with Crippen molar-refractivity contribution in [3.05, 3.63) is 24.3 Å². The van der Waals surface area contributed by atoms with E-state index in [1.165, 1.54) is 0 Å². The number of aliphatic imine (C=N–C) groups is 1. The largest absolute Gasteiger partial charge is 0.497 e. The summed E-state index contributed by atoms with van der Waals surface area (Å²) in [5, 5.41) is 2.90. The molecule has 0 spiro atoms. The number of nitrogens with two attached hydrogens (primary N) is 1. The summed E-state index contributed by atoms with van der Waals surface area (Å²) < 4.78 is 16.8. The summed E-state index contributed by atoms with van der Waals surface area (Å²) >= 11 is 0. The molecule has 0 aliphatic heterocycles. The lowest BCUT2D eigenvalue weighted by molar-refractivity contribution is 0.415. The van der Waals surface area contributed by atoms with E-state index in [2.05, 4.69) is 10.3 Å². The van der Waals surface area contributed by atoms with Crippen LogP contribution >= 0.6 is 24.0 Å². The number of benzene rings is 1. The highest BCUT2D eigenvalue weighted by Crippen LogP contribution is 2.14. The third kappa shape index (κ3) is 6.30. The van der Waals surface area contributed by atoms with Crippen molar-refractivity contribution in [1.29, 1.82) is 0 Å². The lowest BCUT2D eigenvalue weighted by Gasteiger charge is -2.06. The van der Waals surface area contributed by atoms with Gasteiger partial charge in [0, 0.05) is 12.2 Å². The number of guanidine groups is 1. The Balaban J connectivity index is 0.00000256. The number of alkyl halides is 1. The molecule has 1 rings (SSSR count). The monoisotopic (exact) mass is 353 g/mol. The van der Waals surface area contributed by atoms with Gasteiger partial charge in [-0.15, -0.1) is 24.0 Å². The van der Waals surface area contributed by atoms with Gasteiger partial charge >= 0.3 is 0 Å². The molecular formula is C11H17FIN3O. The van der Waals surface area contributed by atoms with Gasteiger partial charge in [0.25, 0.3) is 0 Å². The van der Waals surface area contributed by atoms with E-state index in [1.807, 2.05) is 24.3 Å². The molecular weight excluding hydrogens is 336 g/mol. The van der Waals surface area contributed by atoms with Gasteiger partial charge in [0.2, 0.25) is 0 Å². The second kappa shape index (κ2) is 9.03. The summed E-state index contributed by atoms with van der Waals surface area (Å²) in [4.78, 5) is 3.96. The van der Waals surface area contributed by atoms with Crippen molar-refractivity contribution in [3.8, 4) is 5.75 Å². The van der Waals surface area contributed by atoms with Crippen molar-refractivity contribution >= 4 is 35.6 Å². The Hall–Kier alpha value is -1.05. The first-order valence-electron chi connectivity index (χ1n) is 5.03. The Morgan fingerprint density at radius 3 is 2.59 bits per heavy atom. The number of anilines is 1. The molecule has 0 unspecified atom stereocenters. The topological polar surface area (TPSA) is 59.6 Å². The van der Waals surface area contributed by atoms with E-state index in [-0.39, 0.29) is 30.7 Å². The number of nitrogens with one attached hydrogen (secondary N) is 1. The van der Waals surface area contributed by atoms with Gasteiger partial charge in [0.05, 0.1) is 13.8 Å². The van der Waals surface area contributed by atoms with Crippen molar-refractivity contribution < 1.29 is 9.13 Å². The molecule has 0 aliphatic carbocycles. The number of rotatable bonds is 5. The standard InChI is InChI=1S/C11H16FN3O.HI/c1-16-10-5-3-9(4-6-10)15-11(13)14-8-2-7-12;/h3-6H,2,7-8H2,1H3,(H3,13,14,15);1H. The van der Waals surface area contributed by atoms with E-state index in [9.17, 15) is 4.39 Å². The average molecular weight is 353 g/mol. The molecule has 0 fully saturated rings. The Bertz CT molecular complexity index is 343. The predicted molar refractivity (Wildman–Crippen MR) is 79.1 cm³/mol. The molecule has 17 heavy (non-hydrogen) atoms. The first-order chi connectivity index (χ1) is 7.76.